The van der Waals surface area contributed by atoms with E-state index in [1.165, 1.54) is 51.6 Å². The minimum Gasteiger partial charge on any atom is -0.314 e. The number of hydrogen-bond donors (Lipinski definition) is 1. The molecular weight excluding hydrogens is 264 g/mol. The molecule has 2 aliphatic rings. The van der Waals surface area contributed by atoms with Crippen molar-refractivity contribution in [3.63, 3.8) is 0 Å². The Morgan fingerprint density at radius 2 is 1.95 bits per heavy atom. The van der Waals surface area contributed by atoms with Crippen LogP contribution in [-0.4, -0.2) is 31.1 Å². The van der Waals surface area contributed by atoms with Gasteiger partial charge < -0.3 is 5.32 Å². The van der Waals surface area contributed by atoms with Gasteiger partial charge >= 0.3 is 0 Å². The summed E-state index contributed by atoms with van der Waals surface area (Å²) in [6, 6.07) is 5.48. The maximum absolute atomic E-state index is 3.50. The van der Waals surface area contributed by atoms with Crippen LogP contribution in [0.3, 0.4) is 0 Å². The number of thiophene rings is 1. The van der Waals surface area contributed by atoms with Gasteiger partial charge in [0.25, 0.3) is 0 Å². The Kier molecular flexibility index (Phi) is 5.14. The van der Waals surface area contributed by atoms with Gasteiger partial charge in [-0.2, -0.15) is 0 Å². The summed E-state index contributed by atoms with van der Waals surface area (Å²) in [5.41, 5.74) is 0. The molecule has 2 heterocycles. The fourth-order valence-electron chi connectivity index (χ4n) is 3.86. The summed E-state index contributed by atoms with van der Waals surface area (Å²) in [5, 5.41) is 3.50. The minimum atomic E-state index is 0.697. The highest BCUT2D eigenvalue weighted by molar-refractivity contribution is 7.12. The molecule has 2 fully saturated rings. The molecule has 1 aromatic heterocycles. The third-order valence-electron chi connectivity index (χ3n) is 4.96. The molecule has 1 aliphatic carbocycles. The molecule has 20 heavy (non-hydrogen) atoms. The van der Waals surface area contributed by atoms with Gasteiger partial charge in [-0.25, -0.2) is 0 Å². The van der Waals surface area contributed by atoms with Crippen LogP contribution in [0.25, 0.3) is 0 Å². The van der Waals surface area contributed by atoms with Gasteiger partial charge in [-0.1, -0.05) is 26.2 Å². The van der Waals surface area contributed by atoms with E-state index in [0.717, 1.165) is 19.0 Å². The molecule has 1 aromatic rings. The second-order valence-corrected chi connectivity index (χ2v) is 7.49. The van der Waals surface area contributed by atoms with Gasteiger partial charge in [0, 0.05) is 42.0 Å². The minimum absolute atomic E-state index is 0.697. The maximum Gasteiger partial charge on any atom is 0.0470 e. The van der Waals surface area contributed by atoms with Crippen LogP contribution < -0.4 is 5.32 Å². The predicted molar refractivity (Wildman–Crippen MR) is 87.5 cm³/mol. The number of nitrogens with zero attached hydrogens (tertiary/aromatic N) is 1. The van der Waals surface area contributed by atoms with E-state index in [9.17, 15) is 0 Å². The van der Waals surface area contributed by atoms with E-state index in [-0.39, 0.29) is 0 Å². The molecule has 112 valence electrons. The smallest absolute Gasteiger partial charge is 0.0470 e. The van der Waals surface area contributed by atoms with Gasteiger partial charge in [-0.15, -0.1) is 11.3 Å². The molecule has 1 saturated heterocycles. The molecule has 1 aliphatic heterocycles. The molecular formula is C17H28N2S. The zero-order chi connectivity index (χ0) is 13.8. The van der Waals surface area contributed by atoms with E-state index >= 15 is 0 Å². The molecule has 0 spiro atoms. The Morgan fingerprint density at radius 3 is 2.60 bits per heavy atom. The second-order valence-electron chi connectivity index (χ2n) is 6.29. The summed E-state index contributed by atoms with van der Waals surface area (Å²) in [4.78, 5) is 5.95. The first-order valence-corrected chi connectivity index (χ1v) is 9.23. The molecule has 0 aromatic carbocycles. The first-order chi connectivity index (χ1) is 9.88. The molecule has 1 saturated carbocycles. The lowest BCUT2D eigenvalue weighted by atomic mass is 9.82. The van der Waals surface area contributed by atoms with Crippen molar-refractivity contribution in [1.82, 2.24) is 10.2 Å². The van der Waals surface area contributed by atoms with Crippen LogP contribution in [0.1, 0.15) is 54.8 Å². The predicted octanol–water partition coefficient (Wildman–Crippen LogP) is 3.84. The monoisotopic (exact) mass is 292 g/mol. The van der Waals surface area contributed by atoms with Crippen LogP contribution in [-0.2, 0) is 6.42 Å². The van der Waals surface area contributed by atoms with Gasteiger partial charge in [0.1, 0.15) is 0 Å². The summed E-state index contributed by atoms with van der Waals surface area (Å²) < 4.78 is 0. The van der Waals surface area contributed by atoms with Crippen LogP contribution in [0.15, 0.2) is 12.1 Å². The zero-order valence-electron chi connectivity index (χ0n) is 12.7. The number of nitrogens with one attached hydrogen (secondary N) is 1. The molecule has 3 heteroatoms. The molecule has 2 nitrogen and oxygen atoms in total. The van der Waals surface area contributed by atoms with Crippen LogP contribution in [0.5, 0.6) is 0 Å². The van der Waals surface area contributed by atoms with Crippen LogP contribution in [0.2, 0.25) is 0 Å². The number of aryl methyl sites for hydroxylation is 1. The fourth-order valence-corrected chi connectivity index (χ4v) is 5.05. The van der Waals surface area contributed by atoms with Gasteiger partial charge in [-0.05, 0) is 37.3 Å². The maximum atomic E-state index is 3.50. The van der Waals surface area contributed by atoms with Crippen molar-refractivity contribution in [2.45, 2.75) is 51.5 Å². The molecule has 1 N–H and O–H groups in total. The average molecular weight is 292 g/mol. The highest BCUT2D eigenvalue weighted by Gasteiger charge is 2.31. The van der Waals surface area contributed by atoms with Crippen molar-refractivity contribution in [3.05, 3.63) is 21.9 Å². The summed E-state index contributed by atoms with van der Waals surface area (Å²) in [6.45, 7) is 7.04. The summed E-state index contributed by atoms with van der Waals surface area (Å²) >= 11 is 2.07. The van der Waals surface area contributed by atoms with Crippen molar-refractivity contribution >= 4 is 11.3 Å². The second kappa shape index (κ2) is 7.06. The van der Waals surface area contributed by atoms with Crippen molar-refractivity contribution < 1.29 is 0 Å². The molecule has 0 bridgehead atoms. The molecule has 0 unspecified atom stereocenters. The Labute approximate surface area is 127 Å². The third-order valence-corrected chi connectivity index (χ3v) is 6.26. The number of hydrogen-bond acceptors (Lipinski definition) is 3. The van der Waals surface area contributed by atoms with Gasteiger partial charge in [0.05, 0.1) is 0 Å². The van der Waals surface area contributed by atoms with Crippen molar-refractivity contribution in [3.8, 4) is 0 Å². The van der Waals surface area contributed by atoms with Crippen LogP contribution in [0.4, 0.5) is 0 Å². The lowest BCUT2D eigenvalue weighted by Crippen LogP contribution is -2.47. The Balaban J connectivity index is 1.81. The van der Waals surface area contributed by atoms with Gasteiger partial charge in [0.2, 0.25) is 0 Å². The summed E-state index contributed by atoms with van der Waals surface area (Å²) in [5.74, 6) is 0.894. The first-order valence-electron chi connectivity index (χ1n) is 8.42. The van der Waals surface area contributed by atoms with E-state index in [1.54, 1.807) is 9.75 Å². The first kappa shape index (κ1) is 14.6. The number of rotatable bonds is 4. The SMILES string of the molecule is CCc1ccc([C@@H](C2CCCCC2)N2CCNCC2)s1. The normalized spacial score (nSPS) is 23.9. The van der Waals surface area contributed by atoms with Crippen molar-refractivity contribution in [2.24, 2.45) is 5.92 Å². The van der Waals surface area contributed by atoms with Gasteiger partial charge in [0.15, 0.2) is 0 Å². The lowest BCUT2D eigenvalue weighted by Gasteiger charge is -2.40. The molecule has 0 radical (unpaired) electrons. The van der Waals surface area contributed by atoms with Gasteiger partial charge in [-0.3, -0.25) is 4.90 Å². The Bertz CT molecular complexity index is 385. The van der Waals surface area contributed by atoms with E-state index in [4.69, 9.17) is 0 Å². The van der Waals surface area contributed by atoms with E-state index in [2.05, 4.69) is 40.6 Å². The Morgan fingerprint density at radius 1 is 1.20 bits per heavy atom. The lowest BCUT2D eigenvalue weighted by molar-refractivity contribution is 0.106. The highest BCUT2D eigenvalue weighted by Crippen LogP contribution is 2.41. The van der Waals surface area contributed by atoms with E-state index in [1.807, 2.05) is 0 Å². The standard InChI is InChI=1S/C17H28N2S/c1-2-15-8-9-16(20-15)17(14-6-4-3-5-7-14)19-12-10-18-11-13-19/h8-9,14,17-18H,2-7,10-13H2,1H3/t17-/m1/s1. The fraction of sp³-hybridized carbons (Fsp3) is 0.765. The zero-order valence-corrected chi connectivity index (χ0v) is 13.6. The quantitative estimate of drug-likeness (QED) is 0.907. The summed E-state index contributed by atoms with van der Waals surface area (Å²) in [6.07, 6.45) is 8.40. The largest absolute Gasteiger partial charge is 0.314 e. The summed E-state index contributed by atoms with van der Waals surface area (Å²) in [7, 11) is 0. The highest BCUT2D eigenvalue weighted by atomic mass is 32.1. The molecule has 0 amide bonds. The average Bonchev–Trinajstić information content (AvgIpc) is 2.98. The van der Waals surface area contributed by atoms with Crippen LogP contribution in [0, 0.1) is 5.92 Å². The Hall–Kier alpha value is -0.380. The topological polar surface area (TPSA) is 15.3 Å². The molecule has 3 rings (SSSR count). The third kappa shape index (κ3) is 3.26. The van der Waals surface area contributed by atoms with Crippen molar-refractivity contribution in [1.29, 1.82) is 0 Å². The number of piperazine rings is 1. The van der Waals surface area contributed by atoms with Crippen molar-refractivity contribution in [2.75, 3.05) is 26.2 Å². The van der Waals surface area contributed by atoms with E-state index < -0.39 is 0 Å². The molecule has 1 atom stereocenters. The van der Waals surface area contributed by atoms with E-state index in [0.29, 0.717) is 6.04 Å². The van der Waals surface area contributed by atoms with Crippen LogP contribution >= 0.6 is 11.3 Å².